The van der Waals surface area contributed by atoms with Gasteiger partial charge in [-0.15, -0.1) is 0 Å². The molecule has 0 spiro atoms. The highest BCUT2D eigenvalue weighted by molar-refractivity contribution is 9.10. The first-order valence-corrected chi connectivity index (χ1v) is 9.85. The largest absolute Gasteiger partial charge is 0.447 e. The normalized spacial score (nSPS) is 16.6. The molecule has 1 amide bonds. The van der Waals surface area contributed by atoms with E-state index in [-0.39, 0.29) is 6.09 Å². The Labute approximate surface area is 165 Å². The Morgan fingerprint density at radius 3 is 2.85 bits per heavy atom. The summed E-state index contributed by atoms with van der Waals surface area (Å²) in [5.74, 6) is 0.987. The van der Waals surface area contributed by atoms with Gasteiger partial charge in [0.1, 0.15) is 12.4 Å². The SMILES string of the molecule is O=C1OCCN1c1cccc2c1CCN(c1ccc3cc(Br)ccc3n1)C2. The predicted octanol–water partition coefficient (Wildman–Crippen LogP) is 4.52. The molecule has 1 aromatic heterocycles. The van der Waals surface area contributed by atoms with Gasteiger partial charge in [0.15, 0.2) is 0 Å². The average molecular weight is 424 g/mol. The van der Waals surface area contributed by atoms with Gasteiger partial charge in [-0.2, -0.15) is 0 Å². The first-order valence-electron chi connectivity index (χ1n) is 9.05. The Morgan fingerprint density at radius 1 is 1.07 bits per heavy atom. The summed E-state index contributed by atoms with van der Waals surface area (Å²) >= 11 is 3.51. The molecular formula is C21H18BrN3O2. The number of carbonyl (C=O) groups excluding carboxylic acids is 1. The maximum Gasteiger partial charge on any atom is 0.414 e. The molecule has 3 heterocycles. The Bertz CT molecular complexity index is 1050. The lowest BCUT2D eigenvalue weighted by molar-refractivity contribution is 0.181. The van der Waals surface area contributed by atoms with Gasteiger partial charge in [-0.3, -0.25) is 4.90 Å². The van der Waals surface area contributed by atoms with Gasteiger partial charge in [-0.05, 0) is 53.9 Å². The molecule has 2 aliphatic rings. The first kappa shape index (κ1) is 16.6. The van der Waals surface area contributed by atoms with Crippen molar-refractivity contribution >= 4 is 44.4 Å². The summed E-state index contributed by atoms with van der Waals surface area (Å²) in [7, 11) is 0. The van der Waals surface area contributed by atoms with Crippen LogP contribution in [0.25, 0.3) is 10.9 Å². The van der Waals surface area contributed by atoms with Crippen LogP contribution in [0.5, 0.6) is 0 Å². The third-order valence-corrected chi connectivity index (χ3v) is 5.75. The third kappa shape index (κ3) is 2.94. The van der Waals surface area contributed by atoms with Crippen molar-refractivity contribution in [3.05, 3.63) is 64.1 Å². The number of pyridine rings is 1. The number of rotatable bonds is 2. The number of aromatic nitrogens is 1. The second-order valence-electron chi connectivity index (χ2n) is 6.86. The van der Waals surface area contributed by atoms with Crippen LogP contribution in [-0.2, 0) is 17.7 Å². The number of halogens is 1. The number of hydrogen-bond donors (Lipinski definition) is 0. The van der Waals surface area contributed by atoms with Gasteiger partial charge in [-0.1, -0.05) is 28.1 Å². The maximum absolute atomic E-state index is 12.0. The molecule has 27 heavy (non-hydrogen) atoms. The maximum atomic E-state index is 12.0. The summed E-state index contributed by atoms with van der Waals surface area (Å²) < 4.78 is 6.17. The number of fused-ring (bicyclic) bond motifs is 2. The second kappa shape index (κ2) is 6.53. The second-order valence-corrected chi connectivity index (χ2v) is 7.77. The standard InChI is InChI=1S/C21H18BrN3O2/c22-16-5-6-18-14(12-16)4-7-20(23-18)24-9-8-17-15(13-24)2-1-3-19(17)25-10-11-27-21(25)26/h1-7,12H,8-11,13H2. The van der Waals surface area contributed by atoms with Gasteiger partial charge in [0.2, 0.25) is 0 Å². The molecular weight excluding hydrogens is 406 g/mol. The number of benzene rings is 2. The highest BCUT2D eigenvalue weighted by Crippen LogP contribution is 2.32. The number of cyclic esters (lactones) is 1. The van der Waals surface area contributed by atoms with Crippen LogP contribution in [-0.4, -0.2) is 30.8 Å². The molecule has 3 aromatic rings. The number of carbonyl (C=O) groups is 1. The smallest absolute Gasteiger partial charge is 0.414 e. The van der Waals surface area contributed by atoms with E-state index in [9.17, 15) is 4.79 Å². The van der Waals surface area contributed by atoms with Crippen molar-refractivity contribution in [3.8, 4) is 0 Å². The lowest BCUT2D eigenvalue weighted by atomic mass is 9.97. The Kier molecular flexibility index (Phi) is 4.01. The van der Waals surface area contributed by atoms with Crippen LogP contribution in [0.1, 0.15) is 11.1 Å². The van der Waals surface area contributed by atoms with Crippen molar-refractivity contribution in [2.75, 3.05) is 29.5 Å². The van der Waals surface area contributed by atoms with E-state index in [4.69, 9.17) is 9.72 Å². The molecule has 0 saturated carbocycles. The van der Waals surface area contributed by atoms with Crippen LogP contribution >= 0.6 is 15.9 Å². The van der Waals surface area contributed by atoms with E-state index >= 15 is 0 Å². The molecule has 0 radical (unpaired) electrons. The molecule has 5 nitrogen and oxygen atoms in total. The van der Waals surface area contributed by atoms with Gasteiger partial charge < -0.3 is 9.64 Å². The van der Waals surface area contributed by atoms with Crippen molar-refractivity contribution in [1.82, 2.24) is 4.98 Å². The molecule has 2 aromatic carbocycles. The predicted molar refractivity (Wildman–Crippen MR) is 109 cm³/mol. The number of anilines is 2. The molecule has 0 aliphatic carbocycles. The van der Waals surface area contributed by atoms with Crippen molar-refractivity contribution in [1.29, 1.82) is 0 Å². The fraction of sp³-hybridized carbons (Fsp3) is 0.238. The van der Waals surface area contributed by atoms with E-state index in [1.54, 1.807) is 4.90 Å². The van der Waals surface area contributed by atoms with E-state index in [0.29, 0.717) is 13.2 Å². The minimum atomic E-state index is -0.242. The zero-order valence-electron chi connectivity index (χ0n) is 14.7. The van der Waals surface area contributed by atoms with Gasteiger partial charge in [0, 0.05) is 22.9 Å². The van der Waals surface area contributed by atoms with E-state index < -0.39 is 0 Å². The fourth-order valence-corrected chi connectivity index (χ4v) is 4.29. The van der Waals surface area contributed by atoms with E-state index in [1.807, 2.05) is 24.3 Å². The van der Waals surface area contributed by atoms with Crippen LogP contribution in [0.15, 0.2) is 53.0 Å². The molecule has 0 N–H and O–H groups in total. The summed E-state index contributed by atoms with van der Waals surface area (Å²) in [5.41, 5.74) is 4.48. The number of hydrogen-bond acceptors (Lipinski definition) is 4. The summed E-state index contributed by atoms with van der Waals surface area (Å²) in [6, 6.07) is 16.5. The lowest BCUT2D eigenvalue weighted by Crippen LogP contribution is -2.33. The number of nitrogens with zero attached hydrogens (tertiary/aromatic N) is 3. The fourth-order valence-electron chi connectivity index (χ4n) is 3.91. The minimum absolute atomic E-state index is 0.242. The van der Waals surface area contributed by atoms with E-state index in [2.05, 4.69) is 45.1 Å². The molecule has 6 heteroatoms. The minimum Gasteiger partial charge on any atom is -0.447 e. The van der Waals surface area contributed by atoms with Crippen molar-refractivity contribution in [2.45, 2.75) is 13.0 Å². The number of ether oxygens (including phenoxy) is 1. The Balaban J connectivity index is 1.46. The first-order chi connectivity index (χ1) is 13.2. The molecule has 0 atom stereocenters. The van der Waals surface area contributed by atoms with E-state index in [1.165, 1.54) is 11.1 Å². The molecule has 0 bridgehead atoms. The molecule has 0 unspecified atom stereocenters. The van der Waals surface area contributed by atoms with E-state index in [0.717, 1.165) is 46.4 Å². The summed E-state index contributed by atoms with van der Waals surface area (Å²) in [4.78, 5) is 20.9. The van der Waals surface area contributed by atoms with Gasteiger partial charge in [-0.25, -0.2) is 9.78 Å². The lowest BCUT2D eigenvalue weighted by Gasteiger charge is -2.32. The van der Waals surface area contributed by atoms with Crippen molar-refractivity contribution in [3.63, 3.8) is 0 Å². The highest BCUT2D eigenvalue weighted by atomic mass is 79.9. The van der Waals surface area contributed by atoms with Crippen LogP contribution in [0, 0.1) is 0 Å². The monoisotopic (exact) mass is 423 g/mol. The highest BCUT2D eigenvalue weighted by Gasteiger charge is 2.28. The molecule has 1 saturated heterocycles. The van der Waals surface area contributed by atoms with Crippen LogP contribution in [0.2, 0.25) is 0 Å². The summed E-state index contributed by atoms with van der Waals surface area (Å²) in [5, 5.41) is 1.13. The molecule has 5 rings (SSSR count). The van der Waals surface area contributed by atoms with Gasteiger partial charge in [0.05, 0.1) is 17.7 Å². The summed E-state index contributed by atoms with van der Waals surface area (Å²) in [6.45, 7) is 2.76. The molecule has 1 fully saturated rings. The quantitative estimate of drug-likeness (QED) is 0.607. The van der Waals surface area contributed by atoms with Gasteiger partial charge >= 0.3 is 6.09 Å². The zero-order valence-corrected chi connectivity index (χ0v) is 16.3. The van der Waals surface area contributed by atoms with Crippen molar-refractivity contribution in [2.24, 2.45) is 0 Å². The zero-order chi connectivity index (χ0) is 18.4. The topological polar surface area (TPSA) is 45.7 Å². The molecule has 2 aliphatic heterocycles. The van der Waals surface area contributed by atoms with Crippen LogP contribution < -0.4 is 9.80 Å². The van der Waals surface area contributed by atoms with Crippen molar-refractivity contribution < 1.29 is 9.53 Å². The molecule has 136 valence electrons. The Morgan fingerprint density at radius 2 is 2.00 bits per heavy atom. The van der Waals surface area contributed by atoms with Crippen LogP contribution in [0.4, 0.5) is 16.3 Å². The Hall–Kier alpha value is -2.60. The number of amides is 1. The van der Waals surface area contributed by atoms with Crippen LogP contribution in [0.3, 0.4) is 0 Å². The average Bonchev–Trinajstić information content (AvgIpc) is 3.12. The summed E-state index contributed by atoms with van der Waals surface area (Å²) in [6.07, 6.45) is 0.642. The van der Waals surface area contributed by atoms with Gasteiger partial charge in [0.25, 0.3) is 0 Å². The third-order valence-electron chi connectivity index (χ3n) is 5.25.